The Morgan fingerprint density at radius 3 is 2.23 bits per heavy atom. The quantitative estimate of drug-likeness (QED) is 0.0815. The minimum Gasteiger partial charge on any atom is -0.457 e. The highest BCUT2D eigenvalue weighted by molar-refractivity contribution is 6.17. The lowest BCUT2D eigenvalue weighted by Gasteiger charge is -2.57. The number of piperidine rings is 3. The van der Waals surface area contributed by atoms with Gasteiger partial charge in [-0.3, -0.25) is 48.9 Å². The average molecular weight is 934 g/mol. The van der Waals surface area contributed by atoms with Crippen LogP contribution >= 0.6 is 0 Å². The SMILES string of the molecule is O=C1CCC(N2Cc3c(NC(=O)CN4CC5CC(C4)N5CC4CCN(c5ccc6c(Oc7ccc(NC(=O)C8(C(=O)Nc9ccc(F)cc9)CC8)cc7)ccnc6c5)CC4)cccc3C2=O)C(=O)N1. The van der Waals surface area contributed by atoms with E-state index in [-0.39, 0.29) is 49.6 Å². The largest absolute Gasteiger partial charge is 0.457 e. The normalized spacial score (nSPS) is 22.1. The molecule has 3 unspecified atom stereocenters. The lowest BCUT2D eigenvalue weighted by atomic mass is 9.84. The van der Waals surface area contributed by atoms with Crippen molar-refractivity contribution < 1.29 is 37.9 Å². The van der Waals surface area contributed by atoms with E-state index in [4.69, 9.17) is 4.74 Å². The summed E-state index contributed by atoms with van der Waals surface area (Å²) in [5, 5.41) is 11.9. The zero-order chi connectivity index (χ0) is 47.4. The second-order valence-electron chi connectivity index (χ2n) is 19.3. The number of halogens is 1. The molecule has 7 aliphatic rings. The van der Waals surface area contributed by atoms with Crippen LogP contribution < -0.4 is 30.9 Å². The number of fused-ring (bicyclic) bond motifs is 4. The third kappa shape index (κ3) is 8.87. The number of aromatic nitrogens is 1. The number of hydrogen-bond acceptors (Lipinski definition) is 11. The number of piperazine rings is 1. The highest BCUT2D eigenvalue weighted by Crippen LogP contribution is 2.48. The number of carbonyl (C=O) groups excluding carboxylic acids is 6. The van der Waals surface area contributed by atoms with Gasteiger partial charge >= 0.3 is 0 Å². The first-order chi connectivity index (χ1) is 33.5. The summed E-state index contributed by atoms with van der Waals surface area (Å²) < 4.78 is 19.6. The molecule has 354 valence electrons. The number of hydrogen-bond donors (Lipinski definition) is 4. The second kappa shape index (κ2) is 18.0. The molecule has 4 aromatic carbocycles. The van der Waals surface area contributed by atoms with E-state index in [1.807, 2.05) is 6.07 Å². The number of imide groups is 1. The van der Waals surface area contributed by atoms with Gasteiger partial charge in [0.2, 0.25) is 29.5 Å². The van der Waals surface area contributed by atoms with Crippen LogP contribution in [0, 0.1) is 17.2 Å². The number of benzene rings is 4. The zero-order valence-corrected chi connectivity index (χ0v) is 37.9. The fraction of sp³-hybridized carbons (Fsp3) is 0.365. The second-order valence-corrected chi connectivity index (χ2v) is 19.3. The summed E-state index contributed by atoms with van der Waals surface area (Å²) >= 11 is 0. The number of nitrogens with zero attached hydrogens (tertiary/aromatic N) is 5. The van der Waals surface area contributed by atoms with Gasteiger partial charge in [0.15, 0.2) is 0 Å². The Kier molecular flexibility index (Phi) is 11.6. The molecule has 6 fully saturated rings. The van der Waals surface area contributed by atoms with Gasteiger partial charge in [-0.15, -0.1) is 0 Å². The van der Waals surface area contributed by atoms with E-state index in [2.05, 4.69) is 59.1 Å². The van der Waals surface area contributed by atoms with Gasteiger partial charge in [0.05, 0.1) is 12.1 Å². The molecule has 6 aliphatic heterocycles. The van der Waals surface area contributed by atoms with Crippen LogP contribution in [0.4, 0.5) is 27.1 Å². The third-order valence-electron chi connectivity index (χ3n) is 14.8. The molecule has 6 amide bonds. The van der Waals surface area contributed by atoms with E-state index in [0.717, 1.165) is 68.6 Å². The highest BCUT2D eigenvalue weighted by atomic mass is 19.1. The van der Waals surface area contributed by atoms with Gasteiger partial charge in [-0.2, -0.15) is 0 Å². The van der Waals surface area contributed by atoms with Crippen LogP contribution in [0.2, 0.25) is 0 Å². The summed E-state index contributed by atoms with van der Waals surface area (Å²) in [6.45, 7) is 5.09. The lowest BCUT2D eigenvalue weighted by molar-refractivity contribution is -0.137. The summed E-state index contributed by atoms with van der Waals surface area (Å²) in [5.74, 6) is -0.564. The Morgan fingerprint density at radius 1 is 0.826 bits per heavy atom. The summed E-state index contributed by atoms with van der Waals surface area (Å²) in [6, 6.07) is 26.0. The predicted octanol–water partition coefficient (Wildman–Crippen LogP) is 5.90. The maximum atomic E-state index is 13.4. The molecule has 7 heterocycles. The fourth-order valence-electron chi connectivity index (χ4n) is 10.8. The highest BCUT2D eigenvalue weighted by Gasteiger charge is 2.56. The molecule has 0 radical (unpaired) electrons. The topological polar surface area (TPSA) is 186 Å². The molecule has 2 bridgehead atoms. The molecule has 69 heavy (non-hydrogen) atoms. The van der Waals surface area contributed by atoms with Gasteiger partial charge in [0.1, 0.15) is 28.8 Å². The predicted molar refractivity (Wildman–Crippen MR) is 255 cm³/mol. The molecule has 4 N–H and O–H groups in total. The molecule has 0 spiro atoms. The number of carbonyl (C=O) groups is 6. The van der Waals surface area contributed by atoms with E-state index in [1.54, 1.807) is 48.7 Å². The first-order valence-electron chi connectivity index (χ1n) is 23.8. The van der Waals surface area contributed by atoms with E-state index in [1.165, 1.54) is 29.2 Å². The molecular weight excluding hydrogens is 882 g/mol. The van der Waals surface area contributed by atoms with Crippen molar-refractivity contribution in [2.24, 2.45) is 11.3 Å². The zero-order valence-electron chi connectivity index (χ0n) is 37.9. The van der Waals surface area contributed by atoms with Gasteiger partial charge in [0, 0.05) is 103 Å². The molecule has 12 rings (SSSR count). The van der Waals surface area contributed by atoms with Crippen molar-refractivity contribution >= 4 is 69.1 Å². The van der Waals surface area contributed by atoms with Crippen LogP contribution in [0.1, 0.15) is 60.9 Å². The Labute approximate surface area is 397 Å². The lowest BCUT2D eigenvalue weighted by Crippen LogP contribution is -2.69. The first-order valence-corrected chi connectivity index (χ1v) is 23.8. The molecule has 5 aromatic rings. The maximum absolute atomic E-state index is 13.4. The molecule has 1 aromatic heterocycles. The van der Waals surface area contributed by atoms with Crippen molar-refractivity contribution in [2.75, 3.05) is 60.1 Å². The standard InChI is InChI=1S/C52H52FN9O7/c53-32-4-6-33(7-5-32)55-50(67)52(19-20-52)51(68)56-34-8-11-38(12-9-34)69-45-16-21-54-43-25-35(10-13-40(43)45)60-22-17-31(18-23-60)26-61-36-24-37(61)28-59(27-36)30-47(64)57-42-3-1-2-39-41(42)29-62(49(39)66)44-14-15-46(63)58-48(44)65/h1-13,16,21,25,31,36-37,44H,14-15,17-20,22-24,26-30H2,(H,55,67)(H,56,68)(H,57,64)(H,58,63,65). The van der Waals surface area contributed by atoms with Crippen LogP contribution in [0.25, 0.3) is 10.9 Å². The first kappa shape index (κ1) is 44.3. The Morgan fingerprint density at radius 2 is 1.54 bits per heavy atom. The van der Waals surface area contributed by atoms with Gasteiger partial charge in [0.25, 0.3) is 5.91 Å². The molecule has 16 nitrogen and oxygen atoms in total. The average Bonchev–Trinajstić information content (AvgIpc) is 4.11. The van der Waals surface area contributed by atoms with Crippen molar-refractivity contribution in [3.8, 4) is 11.5 Å². The number of ether oxygens (including phenoxy) is 1. The fourth-order valence-corrected chi connectivity index (χ4v) is 10.8. The van der Waals surface area contributed by atoms with Crippen LogP contribution in [0.3, 0.4) is 0 Å². The Hall–Kier alpha value is -7.24. The van der Waals surface area contributed by atoms with Crippen molar-refractivity contribution in [1.29, 1.82) is 0 Å². The number of nitrogens with one attached hydrogen (secondary N) is 4. The van der Waals surface area contributed by atoms with Crippen molar-refractivity contribution in [2.45, 2.75) is 69.6 Å². The van der Waals surface area contributed by atoms with Crippen LogP contribution in [-0.4, -0.2) is 113 Å². The van der Waals surface area contributed by atoms with Gasteiger partial charge in [-0.25, -0.2) is 4.39 Å². The number of rotatable bonds is 13. The molecule has 17 heteroatoms. The van der Waals surface area contributed by atoms with Gasteiger partial charge < -0.3 is 30.5 Å². The third-order valence-corrected chi connectivity index (χ3v) is 14.8. The smallest absolute Gasteiger partial charge is 0.255 e. The van der Waals surface area contributed by atoms with Gasteiger partial charge in [-0.1, -0.05) is 6.07 Å². The Balaban J connectivity index is 0.634. The van der Waals surface area contributed by atoms with Crippen molar-refractivity contribution in [3.63, 3.8) is 0 Å². The van der Waals surface area contributed by atoms with E-state index < -0.39 is 29.1 Å². The molecular formula is C52H52FN9O7. The summed E-state index contributed by atoms with van der Waals surface area (Å²) in [6.07, 6.45) is 6.38. The van der Waals surface area contributed by atoms with Crippen LogP contribution in [0.15, 0.2) is 97.2 Å². The Bertz CT molecular complexity index is 2870. The van der Waals surface area contributed by atoms with Crippen molar-refractivity contribution in [3.05, 3.63) is 114 Å². The van der Waals surface area contributed by atoms with E-state index in [9.17, 15) is 33.2 Å². The number of amides is 6. The molecule has 3 atom stereocenters. The minimum absolute atomic E-state index is 0.129. The monoisotopic (exact) mass is 933 g/mol. The molecule has 1 saturated carbocycles. The molecule has 5 saturated heterocycles. The van der Waals surface area contributed by atoms with Gasteiger partial charge in [-0.05, 0) is 129 Å². The molecule has 1 aliphatic carbocycles. The number of pyridine rings is 1. The maximum Gasteiger partial charge on any atom is 0.255 e. The minimum atomic E-state index is -1.16. The number of anilines is 4. The summed E-state index contributed by atoms with van der Waals surface area (Å²) in [5.41, 5.74) is 3.51. The summed E-state index contributed by atoms with van der Waals surface area (Å²) in [4.78, 5) is 90.5. The van der Waals surface area contributed by atoms with E-state index >= 15 is 0 Å². The van der Waals surface area contributed by atoms with Crippen LogP contribution in [0.5, 0.6) is 11.5 Å². The van der Waals surface area contributed by atoms with Crippen LogP contribution in [-0.2, 0) is 30.5 Å². The van der Waals surface area contributed by atoms with Crippen molar-refractivity contribution in [1.82, 2.24) is 25.0 Å². The van der Waals surface area contributed by atoms with E-state index in [0.29, 0.717) is 70.5 Å². The summed E-state index contributed by atoms with van der Waals surface area (Å²) in [7, 11) is 0.